The summed E-state index contributed by atoms with van der Waals surface area (Å²) in [6.45, 7) is 1.75. The van der Waals surface area contributed by atoms with Gasteiger partial charge < -0.3 is 15.6 Å². The minimum atomic E-state index is -0.276. The van der Waals surface area contributed by atoms with Crippen molar-refractivity contribution >= 4 is 28.3 Å². The first-order valence-corrected chi connectivity index (χ1v) is 8.08. The maximum absolute atomic E-state index is 12.0. The Morgan fingerprint density at radius 1 is 1.32 bits per heavy atom. The summed E-state index contributed by atoms with van der Waals surface area (Å²) in [5, 5.41) is 7.39. The van der Waals surface area contributed by atoms with Crippen molar-refractivity contribution in [2.75, 3.05) is 5.32 Å². The second kappa shape index (κ2) is 6.27. The van der Waals surface area contributed by atoms with Gasteiger partial charge in [0.25, 0.3) is 5.91 Å². The molecule has 0 aliphatic heterocycles. The van der Waals surface area contributed by atoms with Crippen molar-refractivity contribution in [3.63, 3.8) is 0 Å². The summed E-state index contributed by atoms with van der Waals surface area (Å²) in [5.74, 6) is 0.294. The number of aromatic amines is 1. The van der Waals surface area contributed by atoms with Gasteiger partial charge >= 0.3 is 0 Å². The number of hydrogen-bond donors (Lipinski definition) is 3. The number of thiazole rings is 1. The van der Waals surface area contributed by atoms with Crippen molar-refractivity contribution in [2.45, 2.75) is 39.2 Å². The average molecular weight is 319 g/mol. The third kappa shape index (κ3) is 3.33. The highest BCUT2D eigenvalue weighted by Gasteiger charge is 2.16. The Bertz CT molecular complexity index is 682. The van der Waals surface area contributed by atoms with Gasteiger partial charge in [0, 0.05) is 18.0 Å². The number of aromatic nitrogens is 3. The summed E-state index contributed by atoms with van der Waals surface area (Å²) in [4.78, 5) is 34.8. The SMILES string of the molecule is CC(=O)Nc1nc(C(=O)NCc2nc3c([nH]2)CCCC3)cs1. The van der Waals surface area contributed by atoms with Crippen LogP contribution in [-0.4, -0.2) is 26.8 Å². The Labute approximate surface area is 131 Å². The van der Waals surface area contributed by atoms with Crippen molar-refractivity contribution in [2.24, 2.45) is 0 Å². The molecule has 116 valence electrons. The minimum Gasteiger partial charge on any atom is -0.344 e. The number of carbonyl (C=O) groups excluding carboxylic acids is 2. The maximum Gasteiger partial charge on any atom is 0.271 e. The first kappa shape index (κ1) is 14.7. The molecule has 0 spiro atoms. The standard InChI is InChI=1S/C14H17N5O2S/c1-8(20)16-14-19-11(7-22-14)13(21)15-6-12-17-9-4-2-3-5-10(9)18-12/h7H,2-6H2,1H3,(H,15,21)(H,17,18)(H,16,19,20). The number of fused-ring (bicyclic) bond motifs is 1. The molecule has 2 heterocycles. The predicted octanol–water partition coefficient (Wildman–Crippen LogP) is 1.63. The minimum absolute atomic E-state index is 0.206. The number of nitrogens with zero attached hydrogens (tertiary/aromatic N) is 2. The van der Waals surface area contributed by atoms with E-state index in [1.54, 1.807) is 5.38 Å². The van der Waals surface area contributed by atoms with Crippen LogP contribution in [0, 0.1) is 0 Å². The van der Waals surface area contributed by atoms with E-state index in [-0.39, 0.29) is 11.8 Å². The Hall–Kier alpha value is -2.22. The summed E-state index contributed by atoms with van der Waals surface area (Å²) in [6, 6.07) is 0. The molecule has 0 aromatic carbocycles. The van der Waals surface area contributed by atoms with Gasteiger partial charge in [-0.15, -0.1) is 11.3 Å². The molecule has 0 unspecified atom stereocenters. The number of amides is 2. The van der Waals surface area contributed by atoms with Crippen LogP contribution in [0.3, 0.4) is 0 Å². The number of nitrogens with one attached hydrogen (secondary N) is 3. The molecular formula is C14H17N5O2S. The van der Waals surface area contributed by atoms with Gasteiger partial charge in [-0.1, -0.05) is 0 Å². The first-order chi connectivity index (χ1) is 10.6. The molecule has 0 fully saturated rings. The van der Waals surface area contributed by atoms with Gasteiger partial charge in [0.1, 0.15) is 11.5 Å². The third-order valence-corrected chi connectivity index (χ3v) is 4.20. The van der Waals surface area contributed by atoms with E-state index in [2.05, 4.69) is 25.6 Å². The molecule has 1 aliphatic rings. The van der Waals surface area contributed by atoms with Crippen LogP contribution in [-0.2, 0) is 24.2 Å². The first-order valence-electron chi connectivity index (χ1n) is 7.20. The van der Waals surface area contributed by atoms with Crippen LogP contribution in [0.5, 0.6) is 0 Å². The molecule has 3 rings (SSSR count). The third-order valence-electron chi connectivity index (χ3n) is 3.44. The molecule has 7 nitrogen and oxygen atoms in total. The largest absolute Gasteiger partial charge is 0.344 e. The smallest absolute Gasteiger partial charge is 0.271 e. The molecule has 2 aromatic heterocycles. The summed E-state index contributed by atoms with van der Waals surface area (Å²) in [5.41, 5.74) is 2.61. The van der Waals surface area contributed by atoms with E-state index >= 15 is 0 Å². The zero-order valence-electron chi connectivity index (χ0n) is 12.2. The molecule has 1 aliphatic carbocycles. The average Bonchev–Trinajstić information content (AvgIpc) is 3.10. The fourth-order valence-corrected chi connectivity index (χ4v) is 3.17. The lowest BCUT2D eigenvalue weighted by Gasteiger charge is -2.07. The Kier molecular flexibility index (Phi) is 4.19. The number of hydrogen-bond acceptors (Lipinski definition) is 5. The molecular weight excluding hydrogens is 302 g/mol. The fraction of sp³-hybridized carbons (Fsp3) is 0.429. The monoisotopic (exact) mass is 319 g/mol. The van der Waals surface area contributed by atoms with Gasteiger partial charge in [-0.2, -0.15) is 0 Å². The van der Waals surface area contributed by atoms with E-state index in [1.165, 1.54) is 36.8 Å². The van der Waals surface area contributed by atoms with E-state index in [9.17, 15) is 9.59 Å². The summed E-state index contributed by atoms with van der Waals surface area (Å²) in [6.07, 6.45) is 4.40. The van der Waals surface area contributed by atoms with Gasteiger partial charge in [-0.3, -0.25) is 9.59 Å². The van der Waals surface area contributed by atoms with Crippen LogP contribution >= 0.6 is 11.3 Å². The lowest BCUT2D eigenvalue weighted by Crippen LogP contribution is -2.23. The molecule has 8 heteroatoms. The normalized spacial score (nSPS) is 13.5. The number of H-pyrrole nitrogens is 1. The second-order valence-corrected chi connectivity index (χ2v) is 6.08. The van der Waals surface area contributed by atoms with Crippen molar-refractivity contribution in [1.29, 1.82) is 0 Å². The molecule has 2 amide bonds. The quantitative estimate of drug-likeness (QED) is 0.797. The van der Waals surface area contributed by atoms with E-state index in [0.29, 0.717) is 17.4 Å². The molecule has 0 radical (unpaired) electrons. The van der Waals surface area contributed by atoms with Gasteiger partial charge in [0.05, 0.1) is 12.2 Å². The van der Waals surface area contributed by atoms with Crippen molar-refractivity contribution < 1.29 is 9.59 Å². The maximum atomic E-state index is 12.0. The molecule has 22 heavy (non-hydrogen) atoms. The lowest BCUT2D eigenvalue weighted by atomic mass is 10.0. The van der Waals surface area contributed by atoms with Gasteiger partial charge in [0.2, 0.25) is 5.91 Å². The van der Waals surface area contributed by atoms with Crippen LogP contribution in [0.1, 0.15) is 47.5 Å². The van der Waals surface area contributed by atoms with Crippen LogP contribution in [0.4, 0.5) is 5.13 Å². The Morgan fingerprint density at radius 3 is 2.91 bits per heavy atom. The number of aryl methyl sites for hydroxylation is 2. The van der Waals surface area contributed by atoms with Gasteiger partial charge in [0.15, 0.2) is 5.13 Å². The van der Waals surface area contributed by atoms with Crippen molar-refractivity contribution in [3.05, 3.63) is 28.3 Å². The highest BCUT2D eigenvalue weighted by molar-refractivity contribution is 7.14. The summed E-state index contributed by atoms with van der Waals surface area (Å²) < 4.78 is 0. The highest BCUT2D eigenvalue weighted by Crippen LogP contribution is 2.19. The molecule has 0 bridgehead atoms. The number of rotatable bonds is 4. The molecule has 0 atom stereocenters. The van der Waals surface area contributed by atoms with Crippen LogP contribution in [0.15, 0.2) is 5.38 Å². The fourth-order valence-electron chi connectivity index (χ4n) is 2.44. The Balaban J connectivity index is 1.58. The van der Waals surface area contributed by atoms with Crippen LogP contribution in [0.25, 0.3) is 0 Å². The number of carbonyl (C=O) groups is 2. The molecule has 0 saturated heterocycles. The van der Waals surface area contributed by atoms with Crippen LogP contribution in [0.2, 0.25) is 0 Å². The van der Waals surface area contributed by atoms with Crippen molar-refractivity contribution in [3.8, 4) is 0 Å². The van der Waals surface area contributed by atoms with Gasteiger partial charge in [-0.25, -0.2) is 9.97 Å². The number of anilines is 1. The van der Waals surface area contributed by atoms with E-state index in [0.717, 1.165) is 24.4 Å². The van der Waals surface area contributed by atoms with E-state index in [4.69, 9.17) is 0 Å². The second-order valence-electron chi connectivity index (χ2n) is 5.22. The highest BCUT2D eigenvalue weighted by atomic mass is 32.1. The summed E-state index contributed by atoms with van der Waals surface area (Å²) >= 11 is 1.22. The summed E-state index contributed by atoms with van der Waals surface area (Å²) in [7, 11) is 0. The van der Waals surface area contributed by atoms with E-state index < -0.39 is 0 Å². The topological polar surface area (TPSA) is 99.8 Å². The Morgan fingerprint density at radius 2 is 2.14 bits per heavy atom. The molecule has 2 aromatic rings. The van der Waals surface area contributed by atoms with Crippen molar-refractivity contribution in [1.82, 2.24) is 20.3 Å². The number of imidazole rings is 1. The molecule has 0 saturated carbocycles. The zero-order chi connectivity index (χ0) is 15.5. The van der Waals surface area contributed by atoms with E-state index in [1.807, 2.05) is 0 Å². The molecule has 3 N–H and O–H groups in total. The predicted molar refractivity (Wildman–Crippen MR) is 82.8 cm³/mol. The zero-order valence-corrected chi connectivity index (χ0v) is 13.0. The lowest BCUT2D eigenvalue weighted by molar-refractivity contribution is -0.114. The van der Waals surface area contributed by atoms with Crippen LogP contribution < -0.4 is 10.6 Å². The van der Waals surface area contributed by atoms with Gasteiger partial charge in [-0.05, 0) is 25.7 Å².